The fraction of sp³-hybridized carbons (Fsp3) is 0.435. The second-order valence-corrected chi connectivity index (χ2v) is 9.17. The first kappa shape index (κ1) is 16.8. The molecular formula is C23H22O4S. The summed E-state index contributed by atoms with van der Waals surface area (Å²) in [6, 6.07) is 10.3. The molecule has 3 aliphatic heterocycles. The van der Waals surface area contributed by atoms with Gasteiger partial charge in [-0.3, -0.25) is 0 Å². The van der Waals surface area contributed by atoms with E-state index in [9.17, 15) is 4.79 Å². The van der Waals surface area contributed by atoms with Gasteiger partial charge in [0.05, 0.1) is 0 Å². The van der Waals surface area contributed by atoms with Crippen LogP contribution in [0.4, 0.5) is 0 Å². The maximum atomic E-state index is 13.2. The predicted molar refractivity (Wildman–Crippen MR) is 105 cm³/mol. The van der Waals surface area contributed by atoms with Gasteiger partial charge in [-0.1, -0.05) is 30.7 Å². The van der Waals surface area contributed by atoms with Crippen molar-refractivity contribution in [2.24, 2.45) is 0 Å². The van der Waals surface area contributed by atoms with Crippen molar-refractivity contribution in [3.8, 4) is 0 Å². The quantitative estimate of drug-likeness (QED) is 0.628. The molecule has 6 rings (SSSR count). The smallest absolute Gasteiger partial charge is 0.341 e. The molecule has 0 radical (unpaired) electrons. The number of thiophene rings is 1. The Balaban J connectivity index is 1.51. The van der Waals surface area contributed by atoms with E-state index in [2.05, 4.69) is 23.6 Å². The molecule has 4 nitrogen and oxygen atoms in total. The lowest BCUT2D eigenvalue weighted by molar-refractivity contribution is -0.278. The summed E-state index contributed by atoms with van der Waals surface area (Å²) in [6.45, 7) is 0. The minimum absolute atomic E-state index is 0.260. The second-order valence-electron chi connectivity index (χ2n) is 8.39. The number of hydrogen-bond acceptors (Lipinski definition) is 5. The molecule has 1 aromatic heterocycles. The van der Waals surface area contributed by atoms with Crippen LogP contribution in [0.3, 0.4) is 0 Å². The molecule has 1 fully saturated rings. The molecular weight excluding hydrogens is 372 g/mol. The van der Waals surface area contributed by atoms with Crippen LogP contribution in [0, 0.1) is 0 Å². The summed E-state index contributed by atoms with van der Waals surface area (Å²) in [6.07, 6.45) is 6.16. The fourth-order valence-electron chi connectivity index (χ4n) is 5.29. The van der Waals surface area contributed by atoms with Crippen LogP contribution in [0.15, 0.2) is 52.4 Å². The summed E-state index contributed by atoms with van der Waals surface area (Å²) in [5.41, 5.74) is 3.42. The molecule has 2 atom stereocenters. The van der Waals surface area contributed by atoms with Crippen molar-refractivity contribution >= 4 is 17.3 Å². The van der Waals surface area contributed by atoms with Gasteiger partial charge in [-0.25, -0.2) is 4.79 Å². The molecule has 28 heavy (non-hydrogen) atoms. The summed E-state index contributed by atoms with van der Waals surface area (Å²) in [5.74, 6) is -0.329. The van der Waals surface area contributed by atoms with E-state index in [4.69, 9.17) is 14.2 Å². The highest BCUT2D eigenvalue weighted by molar-refractivity contribution is 7.08. The molecule has 0 N–H and O–H groups in total. The van der Waals surface area contributed by atoms with E-state index in [1.165, 1.54) is 12.0 Å². The Bertz CT molecular complexity index is 970. The molecule has 0 amide bonds. The summed E-state index contributed by atoms with van der Waals surface area (Å²) >= 11 is 1.64. The van der Waals surface area contributed by atoms with Crippen LogP contribution in [0.1, 0.15) is 61.3 Å². The van der Waals surface area contributed by atoms with Gasteiger partial charge in [0.2, 0.25) is 5.79 Å². The minimum atomic E-state index is -0.856. The van der Waals surface area contributed by atoms with Gasteiger partial charge in [-0.15, -0.1) is 0 Å². The molecule has 4 heterocycles. The molecule has 1 spiro atoms. The van der Waals surface area contributed by atoms with Gasteiger partial charge in [-0.05, 0) is 48.3 Å². The average Bonchev–Trinajstić information content (AvgIpc) is 3.23. The highest BCUT2D eigenvalue weighted by Gasteiger charge is 2.55. The maximum Gasteiger partial charge on any atom is 0.341 e. The molecule has 2 bridgehead atoms. The third kappa shape index (κ3) is 2.36. The standard InChI is InChI=1S/C23H22O4S/c24-21-19-18(13-22(27-21)9-4-1-5-10-22)25-23(16-8-11-28-14-16)12-15-6-2-3-7-17(15)20(19)26-23/h2-3,6-8,11,14,20H,1,4-5,9-10,12-13H2/t20-,23-/m0/s1. The number of benzene rings is 1. The van der Waals surface area contributed by atoms with Gasteiger partial charge in [0.1, 0.15) is 23.0 Å². The normalized spacial score (nSPS) is 30.3. The Kier molecular flexibility index (Phi) is 3.57. The third-order valence-electron chi connectivity index (χ3n) is 6.66. The number of carbonyl (C=O) groups is 1. The van der Waals surface area contributed by atoms with Gasteiger partial charge in [0, 0.05) is 23.8 Å². The number of rotatable bonds is 1. The Morgan fingerprint density at radius 2 is 1.86 bits per heavy atom. The summed E-state index contributed by atoms with van der Waals surface area (Å²) in [7, 11) is 0. The molecule has 144 valence electrons. The first-order chi connectivity index (χ1) is 13.7. The molecule has 1 saturated carbocycles. The largest absolute Gasteiger partial charge is 0.461 e. The van der Waals surface area contributed by atoms with Crippen molar-refractivity contribution in [1.29, 1.82) is 0 Å². The van der Waals surface area contributed by atoms with Crippen molar-refractivity contribution in [3.63, 3.8) is 0 Å². The number of fused-ring (bicyclic) bond motifs is 5. The summed E-state index contributed by atoms with van der Waals surface area (Å²) < 4.78 is 19.2. The van der Waals surface area contributed by atoms with Crippen LogP contribution in [0.5, 0.6) is 0 Å². The zero-order valence-corrected chi connectivity index (χ0v) is 16.4. The van der Waals surface area contributed by atoms with Crippen molar-refractivity contribution in [1.82, 2.24) is 0 Å². The number of ether oxygens (including phenoxy) is 3. The SMILES string of the molecule is O=C1OC2(CCCCC2)CC2=C1[C@H]1O[C@](c3ccsc3)(Cc3ccccc31)O2. The van der Waals surface area contributed by atoms with Crippen LogP contribution < -0.4 is 0 Å². The van der Waals surface area contributed by atoms with Crippen molar-refractivity contribution in [3.05, 3.63) is 69.1 Å². The first-order valence-electron chi connectivity index (χ1n) is 10.1. The van der Waals surface area contributed by atoms with E-state index in [0.29, 0.717) is 18.4 Å². The Labute approximate surface area is 168 Å². The highest BCUT2D eigenvalue weighted by Crippen LogP contribution is 2.55. The van der Waals surface area contributed by atoms with Gasteiger partial charge in [0.15, 0.2) is 0 Å². The van der Waals surface area contributed by atoms with Crippen LogP contribution in [0.25, 0.3) is 0 Å². The van der Waals surface area contributed by atoms with Gasteiger partial charge in [-0.2, -0.15) is 11.3 Å². The maximum absolute atomic E-state index is 13.2. The van der Waals surface area contributed by atoms with Crippen LogP contribution in [-0.4, -0.2) is 11.6 Å². The van der Waals surface area contributed by atoms with Crippen molar-refractivity contribution < 1.29 is 19.0 Å². The number of hydrogen-bond donors (Lipinski definition) is 0. The minimum Gasteiger partial charge on any atom is -0.461 e. The average molecular weight is 394 g/mol. The Morgan fingerprint density at radius 3 is 2.68 bits per heavy atom. The molecule has 1 aromatic carbocycles. The molecule has 0 unspecified atom stereocenters. The molecule has 1 aliphatic carbocycles. The van der Waals surface area contributed by atoms with E-state index in [1.54, 1.807) is 11.3 Å². The lowest BCUT2D eigenvalue weighted by Gasteiger charge is -2.50. The van der Waals surface area contributed by atoms with E-state index < -0.39 is 17.5 Å². The number of esters is 1. The van der Waals surface area contributed by atoms with Gasteiger partial charge in [0.25, 0.3) is 0 Å². The zero-order chi connectivity index (χ0) is 18.8. The molecule has 2 aromatic rings. The third-order valence-corrected chi connectivity index (χ3v) is 7.34. The van der Waals surface area contributed by atoms with Crippen LogP contribution in [0.2, 0.25) is 0 Å². The zero-order valence-electron chi connectivity index (χ0n) is 15.6. The fourth-order valence-corrected chi connectivity index (χ4v) is 6.00. The van der Waals surface area contributed by atoms with Gasteiger partial charge < -0.3 is 14.2 Å². The monoisotopic (exact) mass is 394 g/mol. The van der Waals surface area contributed by atoms with E-state index >= 15 is 0 Å². The topological polar surface area (TPSA) is 44.8 Å². The first-order valence-corrected chi connectivity index (χ1v) is 11.1. The number of carbonyl (C=O) groups excluding carboxylic acids is 1. The van der Waals surface area contributed by atoms with Crippen LogP contribution >= 0.6 is 11.3 Å². The predicted octanol–water partition coefficient (Wildman–Crippen LogP) is 5.15. The Hall–Kier alpha value is -2.11. The Morgan fingerprint density at radius 1 is 1.00 bits per heavy atom. The second kappa shape index (κ2) is 5.94. The molecule has 0 saturated heterocycles. The van der Waals surface area contributed by atoms with Gasteiger partial charge >= 0.3 is 5.97 Å². The lowest BCUT2D eigenvalue weighted by atomic mass is 9.77. The lowest BCUT2D eigenvalue weighted by Crippen LogP contribution is -2.50. The molecule has 5 heteroatoms. The van der Waals surface area contributed by atoms with E-state index in [0.717, 1.165) is 42.6 Å². The van der Waals surface area contributed by atoms with Crippen LogP contribution in [-0.2, 0) is 31.2 Å². The van der Waals surface area contributed by atoms with E-state index in [1.807, 2.05) is 17.5 Å². The van der Waals surface area contributed by atoms with E-state index in [-0.39, 0.29) is 5.97 Å². The highest BCUT2D eigenvalue weighted by atomic mass is 32.1. The van der Waals surface area contributed by atoms with Crippen molar-refractivity contribution in [2.45, 2.75) is 62.4 Å². The van der Waals surface area contributed by atoms with Crippen molar-refractivity contribution in [2.75, 3.05) is 0 Å². The summed E-state index contributed by atoms with van der Waals surface area (Å²) in [5, 5.41) is 4.14. The summed E-state index contributed by atoms with van der Waals surface area (Å²) in [4.78, 5) is 13.2. The molecule has 4 aliphatic rings.